The van der Waals surface area contributed by atoms with Crippen LogP contribution >= 0.6 is 0 Å². The van der Waals surface area contributed by atoms with Crippen LogP contribution in [0.4, 0.5) is 0 Å². The molecule has 1 atom stereocenters. The van der Waals surface area contributed by atoms with Gasteiger partial charge in [-0.1, -0.05) is 6.42 Å². The van der Waals surface area contributed by atoms with Gasteiger partial charge in [0.25, 0.3) is 0 Å². The van der Waals surface area contributed by atoms with Gasteiger partial charge in [0.05, 0.1) is 0 Å². The normalized spacial score (nSPS) is 30.4. The van der Waals surface area contributed by atoms with Crippen LogP contribution < -0.4 is 0 Å². The van der Waals surface area contributed by atoms with Gasteiger partial charge >= 0.3 is 0 Å². The number of rotatable bonds is 1. The van der Waals surface area contributed by atoms with Crippen molar-refractivity contribution in [2.45, 2.75) is 31.7 Å². The molecular formula is C10H17N3. The smallest absolute Gasteiger partial charge is 0.179 e. The molecule has 13 heavy (non-hydrogen) atoms. The van der Waals surface area contributed by atoms with Crippen molar-refractivity contribution in [3.05, 3.63) is 0 Å². The number of nitrogens with zero attached hydrogens (tertiary/aromatic N) is 3. The highest BCUT2D eigenvalue weighted by atomic mass is 15.2. The maximum atomic E-state index is 8.74. The molecule has 0 radical (unpaired) electrons. The van der Waals surface area contributed by atoms with Crippen LogP contribution in [0.2, 0.25) is 0 Å². The van der Waals surface area contributed by atoms with E-state index in [2.05, 4.69) is 11.1 Å². The van der Waals surface area contributed by atoms with E-state index in [1.165, 1.54) is 38.8 Å². The minimum atomic E-state index is 0.667. The molecule has 0 aromatic heterocycles. The maximum Gasteiger partial charge on any atom is 0.179 e. The molecule has 0 amide bonds. The SMILES string of the molecule is N#CN1CC[C@@H](N2CCCCC2)C1. The van der Waals surface area contributed by atoms with Crippen molar-refractivity contribution in [2.75, 3.05) is 26.2 Å². The van der Waals surface area contributed by atoms with Gasteiger partial charge in [-0.3, -0.25) is 4.90 Å². The predicted octanol–water partition coefficient (Wildman–Crippen LogP) is 1.03. The van der Waals surface area contributed by atoms with Crippen LogP contribution in [0.1, 0.15) is 25.7 Å². The second-order valence-electron chi connectivity index (χ2n) is 4.09. The summed E-state index contributed by atoms with van der Waals surface area (Å²) in [5, 5.41) is 8.74. The molecule has 0 aliphatic carbocycles. The summed E-state index contributed by atoms with van der Waals surface area (Å²) < 4.78 is 0. The Kier molecular flexibility index (Phi) is 2.70. The number of hydrogen-bond acceptors (Lipinski definition) is 3. The third kappa shape index (κ3) is 1.94. The van der Waals surface area contributed by atoms with Crippen LogP contribution in [0.3, 0.4) is 0 Å². The molecule has 3 nitrogen and oxygen atoms in total. The molecular weight excluding hydrogens is 162 g/mol. The van der Waals surface area contributed by atoms with Crippen molar-refractivity contribution in [1.82, 2.24) is 9.80 Å². The summed E-state index contributed by atoms with van der Waals surface area (Å²) in [5.41, 5.74) is 0. The number of hydrogen-bond donors (Lipinski definition) is 0. The van der Waals surface area contributed by atoms with Crippen LogP contribution in [-0.4, -0.2) is 42.0 Å². The Labute approximate surface area is 79.9 Å². The first-order chi connectivity index (χ1) is 6.40. The minimum absolute atomic E-state index is 0.667. The molecule has 3 heteroatoms. The van der Waals surface area contributed by atoms with E-state index in [1.807, 2.05) is 4.90 Å². The first kappa shape index (κ1) is 8.83. The number of likely N-dealkylation sites (tertiary alicyclic amines) is 2. The van der Waals surface area contributed by atoms with E-state index >= 15 is 0 Å². The molecule has 2 saturated heterocycles. The summed E-state index contributed by atoms with van der Waals surface area (Å²) in [5.74, 6) is 0. The van der Waals surface area contributed by atoms with E-state index in [0.717, 1.165) is 13.1 Å². The summed E-state index contributed by atoms with van der Waals surface area (Å²) in [7, 11) is 0. The Morgan fingerprint density at radius 2 is 1.85 bits per heavy atom. The zero-order valence-corrected chi connectivity index (χ0v) is 8.08. The number of piperidine rings is 1. The molecule has 0 N–H and O–H groups in total. The van der Waals surface area contributed by atoms with Crippen LogP contribution in [-0.2, 0) is 0 Å². The monoisotopic (exact) mass is 179 g/mol. The molecule has 0 unspecified atom stereocenters. The minimum Gasteiger partial charge on any atom is -0.309 e. The second-order valence-corrected chi connectivity index (χ2v) is 4.09. The van der Waals surface area contributed by atoms with Crippen LogP contribution in [0.25, 0.3) is 0 Å². The van der Waals surface area contributed by atoms with Crippen LogP contribution in [0.15, 0.2) is 0 Å². The Morgan fingerprint density at radius 3 is 2.46 bits per heavy atom. The van der Waals surface area contributed by atoms with Crippen molar-refractivity contribution in [2.24, 2.45) is 0 Å². The Balaban J connectivity index is 1.84. The topological polar surface area (TPSA) is 30.3 Å². The summed E-state index contributed by atoms with van der Waals surface area (Å²) in [4.78, 5) is 4.46. The molecule has 2 fully saturated rings. The summed E-state index contributed by atoms with van der Waals surface area (Å²) >= 11 is 0. The van der Waals surface area contributed by atoms with Gasteiger partial charge in [0, 0.05) is 19.1 Å². The van der Waals surface area contributed by atoms with E-state index in [4.69, 9.17) is 5.26 Å². The highest BCUT2D eigenvalue weighted by Crippen LogP contribution is 2.19. The lowest BCUT2D eigenvalue weighted by Gasteiger charge is -2.31. The molecule has 2 rings (SSSR count). The lowest BCUT2D eigenvalue weighted by Crippen LogP contribution is -2.40. The fourth-order valence-electron chi connectivity index (χ4n) is 2.41. The largest absolute Gasteiger partial charge is 0.309 e. The number of nitriles is 1. The Morgan fingerprint density at radius 1 is 1.08 bits per heavy atom. The zero-order chi connectivity index (χ0) is 9.10. The third-order valence-electron chi connectivity index (χ3n) is 3.21. The van der Waals surface area contributed by atoms with Crippen molar-refractivity contribution in [1.29, 1.82) is 5.26 Å². The van der Waals surface area contributed by atoms with Gasteiger partial charge in [0.15, 0.2) is 6.19 Å². The van der Waals surface area contributed by atoms with E-state index in [0.29, 0.717) is 6.04 Å². The molecule has 72 valence electrons. The van der Waals surface area contributed by atoms with Crippen molar-refractivity contribution in [3.63, 3.8) is 0 Å². The predicted molar refractivity (Wildman–Crippen MR) is 51.0 cm³/mol. The second kappa shape index (κ2) is 3.97. The average Bonchev–Trinajstić information content (AvgIpc) is 2.67. The lowest BCUT2D eigenvalue weighted by atomic mass is 10.1. The van der Waals surface area contributed by atoms with E-state index in [1.54, 1.807) is 0 Å². The van der Waals surface area contributed by atoms with Crippen LogP contribution in [0, 0.1) is 11.5 Å². The molecule has 2 heterocycles. The fourth-order valence-corrected chi connectivity index (χ4v) is 2.41. The summed E-state index contributed by atoms with van der Waals surface area (Å²) in [6.45, 7) is 4.45. The van der Waals surface area contributed by atoms with Crippen molar-refractivity contribution >= 4 is 0 Å². The van der Waals surface area contributed by atoms with Gasteiger partial charge in [0.1, 0.15) is 0 Å². The molecule has 0 aromatic carbocycles. The average molecular weight is 179 g/mol. The lowest BCUT2D eigenvalue weighted by molar-refractivity contribution is 0.168. The van der Waals surface area contributed by atoms with Crippen LogP contribution in [0.5, 0.6) is 0 Å². The van der Waals surface area contributed by atoms with E-state index in [-0.39, 0.29) is 0 Å². The highest BCUT2D eigenvalue weighted by molar-refractivity contribution is 4.89. The first-order valence-corrected chi connectivity index (χ1v) is 5.29. The Bertz CT molecular complexity index is 203. The highest BCUT2D eigenvalue weighted by Gasteiger charge is 2.27. The molecule has 2 aliphatic rings. The van der Waals surface area contributed by atoms with E-state index < -0.39 is 0 Å². The third-order valence-corrected chi connectivity index (χ3v) is 3.21. The zero-order valence-electron chi connectivity index (χ0n) is 8.08. The quantitative estimate of drug-likeness (QED) is 0.563. The molecule has 0 saturated carbocycles. The van der Waals surface area contributed by atoms with Gasteiger partial charge < -0.3 is 4.90 Å². The first-order valence-electron chi connectivity index (χ1n) is 5.29. The Hall–Kier alpha value is -0.750. The summed E-state index contributed by atoms with van der Waals surface area (Å²) in [6.07, 6.45) is 7.52. The van der Waals surface area contributed by atoms with Crippen molar-refractivity contribution in [3.8, 4) is 6.19 Å². The van der Waals surface area contributed by atoms with Gasteiger partial charge in [-0.15, -0.1) is 0 Å². The van der Waals surface area contributed by atoms with Gasteiger partial charge in [0.2, 0.25) is 0 Å². The molecule has 2 aliphatic heterocycles. The van der Waals surface area contributed by atoms with Gasteiger partial charge in [-0.05, 0) is 32.4 Å². The van der Waals surface area contributed by atoms with Crippen molar-refractivity contribution < 1.29 is 0 Å². The standard InChI is InChI=1S/C10H17N3/c11-9-12-7-4-10(8-12)13-5-2-1-3-6-13/h10H,1-8H2/t10-/m1/s1. The van der Waals surface area contributed by atoms with Gasteiger partial charge in [-0.25, -0.2) is 0 Å². The molecule has 0 bridgehead atoms. The van der Waals surface area contributed by atoms with E-state index in [9.17, 15) is 0 Å². The fraction of sp³-hybridized carbons (Fsp3) is 0.900. The van der Waals surface area contributed by atoms with Gasteiger partial charge in [-0.2, -0.15) is 5.26 Å². The maximum absolute atomic E-state index is 8.74. The summed E-state index contributed by atoms with van der Waals surface area (Å²) in [6, 6.07) is 0.667. The molecule has 0 spiro atoms. The molecule has 0 aromatic rings.